The Morgan fingerprint density at radius 3 is 2.79 bits per heavy atom. The number of aromatic nitrogens is 2. The van der Waals surface area contributed by atoms with Crippen LogP contribution in [0, 0.1) is 0 Å². The van der Waals surface area contributed by atoms with Crippen molar-refractivity contribution in [3.8, 4) is 5.75 Å². The summed E-state index contributed by atoms with van der Waals surface area (Å²) in [5.41, 5.74) is 3.91. The van der Waals surface area contributed by atoms with E-state index in [-0.39, 0.29) is 5.56 Å². The number of nitrogens with zero attached hydrogens (tertiary/aromatic N) is 2. The maximum absolute atomic E-state index is 12.6. The molecule has 0 radical (unpaired) electrons. The predicted octanol–water partition coefficient (Wildman–Crippen LogP) is 2.95. The molecule has 6 heteroatoms. The number of ether oxygens (including phenoxy) is 1. The molecule has 2 N–H and O–H groups in total. The average molecular weight is 376 g/mol. The van der Waals surface area contributed by atoms with Crippen LogP contribution < -0.4 is 15.6 Å². The van der Waals surface area contributed by atoms with Gasteiger partial charge >= 0.3 is 0 Å². The van der Waals surface area contributed by atoms with Crippen molar-refractivity contribution in [3.63, 3.8) is 0 Å². The molecule has 3 aromatic rings. The number of anilines is 1. The molecule has 4 rings (SSSR count). The molecule has 6 nitrogen and oxygen atoms in total. The van der Waals surface area contributed by atoms with Gasteiger partial charge in [-0.25, -0.2) is 4.98 Å². The van der Waals surface area contributed by atoms with Gasteiger partial charge in [-0.1, -0.05) is 42.5 Å². The SMILES string of the molecule is COc1cccc(CN2CCc3nc(NCc4ccccc4)[nH]c(=O)c3C2)c1. The number of benzene rings is 2. The van der Waals surface area contributed by atoms with Crippen molar-refractivity contribution >= 4 is 5.95 Å². The molecule has 144 valence electrons. The lowest BCUT2D eigenvalue weighted by atomic mass is 10.1. The van der Waals surface area contributed by atoms with Crippen LogP contribution in [0.5, 0.6) is 5.75 Å². The molecule has 0 aliphatic carbocycles. The average Bonchev–Trinajstić information content (AvgIpc) is 2.73. The number of methoxy groups -OCH3 is 1. The van der Waals surface area contributed by atoms with Crippen LogP contribution in [0.2, 0.25) is 0 Å². The number of nitrogens with one attached hydrogen (secondary N) is 2. The number of hydrogen-bond acceptors (Lipinski definition) is 5. The molecule has 2 aromatic carbocycles. The van der Waals surface area contributed by atoms with Crippen molar-refractivity contribution in [3.05, 3.63) is 87.3 Å². The lowest BCUT2D eigenvalue weighted by molar-refractivity contribution is 0.241. The van der Waals surface area contributed by atoms with E-state index in [0.717, 1.165) is 42.1 Å². The van der Waals surface area contributed by atoms with Crippen molar-refractivity contribution in [2.24, 2.45) is 0 Å². The lowest BCUT2D eigenvalue weighted by Gasteiger charge is -2.27. The van der Waals surface area contributed by atoms with E-state index >= 15 is 0 Å². The van der Waals surface area contributed by atoms with Gasteiger partial charge in [-0.2, -0.15) is 0 Å². The molecule has 0 amide bonds. The Kier molecular flexibility index (Phi) is 5.39. The van der Waals surface area contributed by atoms with Gasteiger partial charge in [0, 0.05) is 32.6 Å². The highest BCUT2D eigenvalue weighted by atomic mass is 16.5. The molecule has 1 aromatic heterocycles. The van der Waals surface area contributed by atoms with Crippen molar-refractivity contribution in [1.29, 1.82) is 0 Å². The first-order valence-electron chi connectivity index (χ1n) is 9.46. The first-order valence-corrected chi connectivity index (χ1v) is 9.46. The third-order valence-corrected chi connectivity index (χ3v) is 4.99. The standard InChI is InChI=1S/C22H24N4O2/c1-28-18-9-5-8-17(12-18)14-26-11-10-20-19(15-26)21(27)25-22(24-20)23-13-16-6-3-2-4-7-16/h2-9,12H,10-11,13-15H2,1H3,(H2,23,24,25,27). The fourth-order valence-electron chi connectivity index (χ4n) is 3.51. The van der Waals surface area contributed by atoms with Crippen LogP contribution >= 0.6 is 0 Å². The Hall–Kier alpha value is -3.12. The normalized spacial score (nSPS) is 13.8. The lowest BCUT2D eigenvalue weighted by Crippen LogP contribution is -2.35. The Morgan fingerprint density at radius 2 is 1.96 bits per heavy atom. The molecule has 0 bridgehead atoms. The second-order valence-electron chi connectivity index (χ2n) is 6.99. The zero-order chi connectivity index (χ0) is 19.3. The minimum atomic E-state index is -0.0593. The predicted molar refractivity (Wildman–Crippen MR) is 109 cm³/mol. The fraction of sp³-hybridized carbons (Fsp3) is 0.273. The zero-order valence-corrected chi connectivity index (χ0v) is 15.9. The maximum Gasteiger partial charge on any atom is 0.257 e. The highest BCUT2D eigenvalue weighted by Crippen LogP contribution is 2.19. The van der Waals surface area contributed by atoms with E-state index in [4.69, 9.17) is 4.74 Å². The third-order valence-electron chi connectivity index (χ3n) is 4.99. The van der Waals surface area contributed by atoms with Gasteiger partial charge in [0.1, 0.15) is 5.75 Å². The van der Waals surface area contributed by atoms with Gasteiger partial charge in [-0.3, -0.25) is 14.7 Å². The van der Waals surface area contributed by atoms with Gasteiger partial charge in [-0.15, -0.1) is 0 Å². The van der Waals surface area contributed by atoms with E-state index < -0.39 is 0 Å². The van der Waals surface area contributed by atoms with Gasteiger partial charge in [0.2, 0.25) is 5.95 Å². The van der Waals surface area contributed by atoms with E-state index in [1.165, 1.54) is 5.56 Å². The molecule has 1 aliphatic heterocycles. The number of H-pyrrole nitrogens is 1. The smallest absolute Gasteiger partial charge is 0.257 e. The molecule has 0 fully saturated rings. The number of fused-ring (bicyclic) bond motifs is 1. The fourth-order valence-corrected chi connectivity index (χ4v) is 3.51. The van der Waals surface area contributed by atoms with Gasteiger partial charge in [0.25, 0.3) is 5.56 Å². The summed E-state index contributed by atoms with van der Waals surface area (Å²) >= 11 is 0. The summed E-state index contributed by atoms with van der Waals surface area (Å²) in [5.74, 6) is 1.39. The minimum Gasteiger partial charge on any atom is -0.497 e. The van der Waals surface area contributed by atoms with E-state index in [0.29, 0.717) is 19.0 Å². The zero-order valence-electron chi connectivity index (χ0n) is 15.9. The van der Waals surface area contributed by atoms with Crippen molar-refractivity contribution in [1.82, 2.24) is 14.9 Å². The summed E-state index contributed by atoms with van der Waals surface area (Å²) < 4.78 is 5.30. The molecule has 0 saturated carbocycles. The molecule has 0 atom stereocenters. The minimum absolute atomic E-state index is 0.0593. The van der Waals surface area contributed by atoms with Crippen LogP contribution in [0.4, 0.5) is 5.95 Å². The summed E-state index contributed by atoms with van der Waals surface area (Å²) in [6, 6.07) is 18.1. The second-order valence-corrected chi connectivity index (χ2v) is 6.99. The molecular weight excluding hydrogens is 352 g/mol. The number of hydrogen-bond donors (Lipinski definition) is 2. The maximum atomic E-state index is 12.6. The molecule has 28 heavy (non-hydrogen) atoms. The topological polar surface area (TPSA) is 70.2 Å². The third kappa shape index (κ3) is 4.23. The second kappa shape index (κ2) is 8.27. The Balaban J connectivity index is 1.44. The van der Waals surface area contributed by atoms with Crippen LogP contribution in [0.3, 0.4) is 0 Å². The molecule has 2 heterocycles. The summed E-state index contributed by atoms with van der Waals surface area (Å²) in [6.45, 7) is 2.89. The monoisotopic (exact) mass is 376 g/mol. The quantitative estimate of drug-likeness (QED) is 0.692. The first kappa shape index (κ1) is 18.3. The van der Waals surface area contributed by atoms with Crippen LogP contribution in [-0.4, -0.2) is 28.5 Å². The Morgan fingerprint density at radius 1 is 1.14 bits per heavy atom. The summed E-state index contributed by atoms with van der Waals surface area (Å²) in [6.07, 6.45) is 0.767. The summed E-state index contributed by atoms with van der Waals surface area (Å²) in [7, 11) is 1.67. The first-order chi connectivity index (χ1) is 13.7. The highest BCUT2D eigenvalue weighted by Gasteiger charge is 2.21. The van der Waals surface area contributed by atoms with Crippen LogP contribution in [0.15, 0.2) is 59.4 Å². The van der Waals surface area contributed by atoms with Crippen molar-refractivity contribution in [2.45, 2.75) is 26.1 Å². The summed E-state index contributed by atoms with van der Waals surface area (Å²) in [4.78, 5) is 22.4. The molecule has 0 saturated heterocycles. The van der Waals surface area contributed by atoms with E-state index in [1.807, 2.05) is 48.5 Å². The van der Waals surface area contributed by atoms with Gasteiger partial charge < -0.3 is 10.1 Å². The Labute approximate surface area is 164 Å². The molecule has 0 unspecified atom stereocenters. The van der Waals surface area contributed by atoms with Crippen LogP contribution in [-0.2, 0) is 26.1 Å². The van der Waals surface area contributed by atoms with Crippen LogP contribution in [0.25, 0.3) is 0 Å². The van der Waals surface area contributed by atoms with Crippen LogP contribution in [0.1, 0.15) is 22.4 Å². The largest absolute Gasteiger partial charge is 0.497 e. The molecular formula is C22H24N4O2. The Bertz CT molecular complexity index is 1000. The van der Waals surface area contributed by atoms with Gasteiger partial charge in [-0.05, 0) is 23.3 Å². The number of aromatic amines is 1. The van der Waals surface area contributed by atoms with E-state index in [1.54, 1.807) is 7.11 Å². The summed E-state index contributed by atoms with van der Waals surface area (Å²) in [5, 5.41) is 3.22. The van der Waals surface area contributed by atoms with E-state index in [9.17, 15) is 4.79 Å². The number of rotatable bonds is 6. The molecule has 0 spiro atoms. The van der Waals surface area contributed by atoms with Crippen molar-refractivity contribution in [2.75, 3.05) is 19.0 Å². The van der Waals surface area contributed by atoms with E-state index in [2.05, 4.69) is 26.3 Å². The van der Waals surface area contributed by atoms with Gasteiger partial charge in [0.05, 0.1) is 18.4 Å². The van der Waals surface area contributed by atoms with Crippen molar-refractivity contribution < 1.29 is 4.74 Å². The highest BCUT2D eigenvalue weighted by molar-refractivity contribution is 5.33. The van der Waals surface area contributed by atoms with Gasteiger partial charge in [0.15, 0.2) is 0 Å². The molecule has 1 aliphatic rings.